The third-order valence-electron chi connectivity index (χ3n) is 4.92. The molecule has 128 valence electrons. The fourth-order valence-corrected chi connectivity index (χ4v) is 3.63. The van der Waals surface area contributed by atoms with Gasteiger partial charge >= 0.3 is 6.09 Å². The smallest absolute Gasteiger partial charge is 0.407 e. The molecule has 0 unspecified atom stereocenters. The summed E-state index contributed by atoms with van der Waals surface area (Å²) in [5.74, 6) is -0.118. The van der Waals surface area contributed by atoms with Crippen LogP contribution < -0.4 is 5.32 Å². The van der Waals surface area contributed by atoms with Gasteiger partial charge in [-0.2, -0.15) is 0 Å². The summed E-state index contributed by atoms with van der Waals surface area (Å²) in [5.41, 5.74) is 4.68. The van der Waals surface area contributed by atoms with E-state index in [1.807, 2.05) is 24.3 Å². The van der Waals surface area contributed by atoms with E-state index in [1.165, 1.54) is 11.1 Å². The van der Waals surface area contributed by atoms with Gasteiger partial charge in [0.05, 0.1) is 6.10 Å². The van der Waals surface area contributed by atoms with E-state index < -0.39 is 12.1 Å². The maximum Gasteiger partial charge on any atom is 0.407 e. The van der Waals surface area contributed by atoms with Gasteiger partial charge < -0.3 is 14.8 Å². The number of ketones is 1. The number of fused-ring (bicyclic) bond motifs is 3. The minimum atomic E-state index is -0.629. The van der Waals surface area contributed by atoms with Crippen molar-refractivity contribution in [2.24, 2.45) is 0 Å². The van der Waals surface area contributed by atoms with Gasteiger partial charge in [0.2, 0.25) is 0 Å². The summed E-state index contributed by atoms with van der Waals surface area (Å²) in [7, 11) is 0. The van der Waals surface area contributed by atoms with Gasteiger partial charge in [0.25, 0.3) is 0 Å². The van der Waals surface area contributed by atoms with E-state index in [0.717, 1.165) is 11.1 Å². The molecular weight excluding hydrogens is 318 g/mol. The minimum absolute atomic E-state index is 0.00565. The number of alkyl carbamates (subject to hydrolysis) is 1. The zero-order valence-electron chi connectivity index (χ0n) is 13.9. The zero-order valence-corrected chi connectivity index (χ0v) is 13.9. The number of carbonyl (C=O) groups excluding carboxylic acids is 2. The Morgan fingerprint density at radius 2 is 1.72 bits per heavy atom. The molecule has 1 saturated heterocycles. The van der Waals surface area contributed by atoms with Gasteiger partial charge in [0, 0.05) is 5.92 Å². The quantitative estimate of drug-likeness (QED) is 0.935. The molecule has 2 aromatic carbocycles. The number of rotatable bonds is 3. The first kappa shape index (κ1) is 15.8. The first-order chi connectivity index (χ1) is 12.1. The summed E-state index contributed by atoms with van der Waals surface area (Å²) in [5, 5.41) is 2.61. The van der Waals surface area contributed by atoms with E-state index in [9.17, 15) is 9.59 Å². The second kappa shape index (κ2) is 6.33. The Balaban J connectivity index is 1.48. The molecule has 1 amide bonds. The Kier molecular flexibility index (Phi) is 4.01. The first-order valence-electron chi connectivity index (χ1n) is 8.41. The fourth-order valence-electron chi connectivity index (χ4n) is 3.63. The number of ether oxygens (including phenoxy) is 2. The Morgan fingerprint density at radius 1 is 1.12 bits per heavy atom. The molecule has 0 spiro atoms. The van der Waals surface area contributed by atoms with Crippen LogP contribution in [-0.2, 0) is 14.3 Å². The number of benzene rings is 2. The van der Waals surface area contributed by atoms with Crippen molar-refractivity contribution in [3.63, 3.8) is 0 Å². The molecule has 25 heavy (non-hydrogen) atoms. The van der Waals surface area contributed by atoms with Crippen LogP contribution in [0.5, 0.6) is 0 Å². The summed E-state index contributed by atoms with van der Waals surface area (Å²) >= 11 is 0. The second-order valence-electron chi connectivity index (χ2n) is 6.43. The molecule has 5 nitrogen and oxygen atoms in total. The molecular formula is C20H19NO4. The molecule has 0 bridgehead atoms. The average molecular weight is 337 g/mol. The third kappa shape index (κ3) is 2.81. The second-order valence-corrected chi connectivity index (χ2v) is 6.43. The molecule has 2 aliphatic rings. The molecule has 1 aliphatic carbocycles. The van der Waals surface area contributed by atoms with Crippen LogP contribution in [0.4, 0.5) is 4.79 Å². The molecule has 1 heterocycles. The highest BCUT2D eigenvalue weighted by atomic mass is 16.6. The lowest BCUT2D eigenvalue weighted by atomic mass is 9.98. The fraction of sp³-hybridized carbons (Fsp3) is 0.300. The van der Waals surface area contributed by atoms with Gasteiger partial charge in [-0.25, -0.2) is 4.79 Å². The highest BCUT2D eigenvalue weighted by Gasteiger charge is 2.35. The monoisotopic (exact) mass is 337 g/mol. The standard InChI is InChI=1S/C20H19NO4/c1-12-19(18(22)11-24-12)21-20(23)25-10-17-15-8-4-2-6-13(15)14-7-3-5-9-16(14)17/h2-9,12,17,19H,10-11H2,1H3,(H,21,23)/t12-,19-/m0/s1. The van der Waals surface area contributed by atoms with Crippen molar-refractivity contribution in [2.45, 2.75) is 25.0 Å². The van der Waals surface area contributed by atoms with Crippen molar-refractivity contribution in [3.05, 3.63) is 59.7 Å². The van der Waals surface area contributed by atoms with Crippen molar-refractivity contribution in [3.8, 4) is 11.1 Å². The highest BCUT2D eigenvalue weighted by Crippen LogP contribution is 2.44. The minimum Gasteiger partial charge on any atom is -0.449 e. The normalized spacial score (nSPS) is 21.7. The Bertz CT molecular complexity index is 786. The maximum atomic E-state index is 12.1. The summed E-state index contributed by atoms with van der Waals surface area (Å²) in [6, 6.07) is 15.7. The molecule has 4 rings (SSSR count). The van der Waals surface area contributed by atoms with Crippen LogP contribution in [-0.4, -0.2) is 37.2 Å². The molecule has 2 aromatic rings. The van der Waals surface area contributed by atoms with Gasteiger partial charge in [0.1, 0.15) is 19.3 Å². The van der Waals surface area contributed by atoms with E-state index in [1.54, 1.807) is 6.92 Å². The van der Waals surface area contributed by atoms with E-state index in [0.29, 0.717) is 0 Å². The molecule has 1 fully saturated rings. The largest absolute Gasteiger partial charge is 0.449 e. The van der Waals surface area contributed by atoms with Gasteiger partial charge in [-0.15, -0.1) is 0 Å². The van der Waals surface area contributed by atoms with Gasteiger partial charge in [-0.3, -0.25) is 4.79 Å². The number of hydrogen-bond acceptors (Lipinski definition) is 4. The third-order valence-corrected chi connectivity index (χ3v) is 4.92. The van der Waals surface area contributed by atoms with Crippen LogP contribution in [0.1, 0.15) is 24.0 Å². The lowest BCUT2D eigenvalue weighted by molar-refractivity contribution is -0.119. The number of carbonyl (C=O) groups is 2. The number of nitrogens with one attached hydrogen (secondary N) is 1. The predicted octanol–water partition coefficient (Wildman–Crippen LogP) is 2.88. The molecule has 1 aliphatic heterocycles. The number of Topliss-reactive ketones (excluding diaryl/α,β-unsaturated/α-hetero) is 1. The van der Waals surface area contributed by atoms with Crippen molar-refractivity contribution >= 4 is 11.9 Å². The van der Waals surface area contributed by atoms with E-state index in [4.69, 9.17) is 9.47 Å². The molecule has 0 saturated carbocycles. The van der Waals surface area contributed by atoms with Crippen LogP contribution >= 0.6 is 0 Å². The van der Waals surface area contributed by atoms with E-state index in [-0.39, 0.29) is 31.0 Å². The highest BCUT2D eigenvalue weighted by molar-refractivity contribution is 5.90. The predicted molar refractivity (Wildman–Crippen MR) is 92.4 cm³/mol. The van der Waals surface area contributed by atoms with E-state index in [2.05, 4.69) is 29.6 Å². The van der Waals surface area contributed by atoms with Gasteiger partial charge in [-0.05, 0) is 29.2 Å². The van der Waals surface area contributed by atoms with Gasteiger partial charge in [0.15, 0.2) is 5.78 Å². The van der Waals surface area contributed by atoms with Crippen LogP contribution in [0.2, 0.25) is 0 Å². The lowest BCUT2D eigenvalue weighted by Gasteiger charge is -2.17. The Hall–Kier alpha value is -2.66. The van der Waals surface area contributed by atoms with Gasteiger partial charge in [-0.1, -0.05) is 48.5 Å². The molecule has 0 radical (unpaired) electrons. The molecule has 0 aromatic heterocycles. The SMILES string of the molecule is C[C@@H]1OCC(=O)[C@H]1NC(=O)OCC1c2ccccc2-c2ccccc21. The van der Waals surface area contributed by atoms with Crippen molar-refractivity contribution in [1.82, 2.24) is 5.32 Å². The summed E-state index contributed by atoms with van der Waals surface area (Å²) in [4.78, 5) is 23.8. The number of hydrogen-bond donors (Lipinski definition) is 1. The molecule has 5 heteroatoms. The average Bonchev–Trinajstić information content (AvgIpc) is 3.12. The van der Waals surface area contributed by atoms with Crippen molar-refractivity contribution in [1.29, 1.82) is 0 Å². The summed E-state index contributed by atoms with van der Waals surface area (Å²) in [6.45, 7) is 2.03. The van der Waals surface area contributed by atoms with E-state index >= 15 is 0 Å². The Labute approximate surface area is 145 Å². The summed E-state index contributed by atoms with van der Waals surface area (Å²) < 4.78 is 10.7. The molecule has 2 atom stereocenters. The summed E-state index contributed by atoms with van der Waals surface area (Å²) in [6.07, 6.45) is -0.912. The zero-order chi connectivity index (χ0) is 17.4. The number of amides is 1. The van der Waals surface area contributed by atoms with Crippen molar-refractivity contribution in [2.75, 3.05) is 13.2 Å². The first-order valence-corrected chi connectivity index (χ1v) is 8.41. The van der Waals surface area contributed by atoms with Crippen LogP contribution in [0, 0.1) is 0 Å². The van der Waals surface area contributed by atoms with Crippen LogP contribution in [0.15, 0.2) is 48.5 Å². The van der Waals surface area contributed by atoms with Crippen molar-refractivity contribution < 1.29 is 19.1 Å². The van der Waals surface area contributed by atoms with Crippen LogP contribution in [0.3, 0.4) is 0 Å². The Morgan fingerprint density at radius 3 is 2.28 bits per heavy atom. The lowest BCUT2D eigenvalue weighted by Crippen LogP contribution is -2.44. The topological polar surface area (TPSA) is 64.6 Å². The molecule has 1 N–H and O–H groups in total. The maximum absolute atomic E-state index is 12.1. The van der Waals surface area contributed by atoms with Crippen LogP contribution in [0.25, 0.3) is 11.1 Å².